The molecule has 4 rings (SSSR count). The monoisotopic (exact) mass is 345 g/mol. The van der Waals surface area contributed by atoms with Gasteiger partial charge in [0.25, 0.3) is 5.91 Å². The molecule has 0 unspecified atom stereocenters. The van der Waals surface area contributed by atoms with Crippen molar-refractivity contribution in [1.29, 1.82) is 0 Å². The Morgan fingerprint density at radius 1 is 1.00 bits per heavy atom. The van der Waals surface area contributed by atoms with E-state index in [9.17, 15) is 4.79 Å². The number of anilines is 1. The Kier molecular flexibility index (Phi) is 4.14. The summed E-state index contributed by atoms with van der Waals surface area (Å²) in [6.45, 7) is 0. The van der Waals surface area contributed by atoms with Gasteiger partial charge in [0, 0.05) is 46.5 Å². The maximum atomic E-state index is 12.5. The SMILES string of the molecule is O=C(Nc1ccc(-c2nccs2)cc1)c1cccc(-n2cccc2)c1. The second kappa shape index (κ2) is 6.75. The van der Waals surface area contributed by atoms with Crippen LogP contribution < -0.4 is 5.32 Å². The molecule has 4 nitrogen and oxygen atoms in total. The van der Waals surface area contributed by atoms with Crippen molar-refractivity contribution < 1.29 is 4.79 Å². The van der Waals surface area contributed by atoms with Crippen LogP contribution in [-0.4, -0.2) is 15.5 Å². The first kappa shape index (κ1) is 15.4. The zero-order valence-electron chi connectivity index (χ0n) is 13.3. The quantitative estimate of drug-likeness (QED) is 0.574. The first-order valence-corrected chi connectivity index (χ1v) is 8.72. The molecule has 1 N–H and O–H groups in total. The maximum Gasteiger partial charge on any atom is 0.255 e. The Hall–Kier alpha value is -3.18. The third-order valence-corrected chi connectivity index (χ3v) is 4.66. The van der Waals surface area contributed by atoms with Crippen LogP contribution in [0.15, 0.2) is 84.6 Å². The van der Waals surface area contributed by atoms with E-state index in [-0.39, 0.29) is 5.91 Å². The van der Waals surface area contributed by atoms with Gasteiger partial charge in [0.2, 0.25) is 0 Å². The van der Waals surface area contributed by atoms with E-state index in [1.807, 2.05) is 83.0 Å². The van der Waals surface area contributed by atoms with Crippen LogP contribution in [0.25, 0.3) is 16.3 Å². The summed E-state index contributed by atoms with van der Waals surface area (Å²) in [5.74, 6) is -0.129. The van der Waals surface area contributed by atoms with Crippen LogP contribution in [-0.2, 0) is 0 Å². The van der Waals surface area contributed by atoms with E-state index in [4.69, 9.17) is 0 Å². The molecule has 4 aromatic rings. The number of carbonyl (C=O) groups is 1. The lowest BCUT2D eigenvalue weighted by atomic mass is 10.1. The lowest BCUT2D eigenvalue weighted by molar-refractivity contribution is 0.102. The fraction of sp³-hybridized carbons (Fsp3) is 0. The van der Waals surface area contributed by atoms with Gasteiger partial charge in [-0.15, -0.1) is 11.3 Å². The number of benzene rings is 2. The van der Waals surface area contributed by atoms with E-state index in [0.29, 0.717) is 5.56 Å². The number of aromatic nitrogens is 2. The number of nitrogens with zero attached hydrogens (tertiary/aromatic N) is 2. The van der Waals surface area contributed by atoms with Crippen LogP contribution in [0, 0.1) is 0 Å². The predicted molar refractivity (Wildman–Crippen MR) is 101 cm³/mol. The fourth-order valence-corrected chi connectivity index (χ4v) is 3.22. The Bertz CT molecular complexity index is 974. The smallest absolute Gasteiger partial charge is 0.255 e. The van der Waals surface area contributed by atoms with Crippen LogP contribution >= 0.6 is 11.3 Å². The van der Waals surface area contributed by atoms with Gasteiger partial charge in [-0.05, 0) is 54.6 Å². The zero-order chi connectivity index (χ0) is 17.1. The van der Waals surface area contributed by atoms with Gasteiger partial charge >= 0.3 is 0 Å². The molecule has 0 aliphatic heterocycles. The topological polar surface area (TPSA) is 46.9 Å². The minimum absolute atomic E-state index is 0.129. The number of thiazole rings is 1. The van der Waals surface area contributed by atoms with Crippen molar-refractivity contribution in [3.8, 4) is 16.3 Å². The summed E-state index contributed by atoms with van der Waals surface area (Å²) in [5.41, 5.74) is 3.38. The van der Waals surface area contributed by atoms with Crippen molar-refractivity contribution in [3.63, 3.8) is 0 Å². The highest BCUT2D eigenvalue weighted by Crippen LogP contribution is 2.23. The van der Waals surface area contributed by atoms with Crippen molar-refractivity contribution >= 4 is 22.9 Å². The molecule has 0 aliphatic rings. The highest BCUT2D eigenvalue weighted by atomic mass is 32.1. The number of hydrogen-bond donors (Lipinski definition) is 1. The zero-order valence-corrected chi connectivity index (χ0v) is 14.1. The number of amides is 1. The summed E-state index contributed by atoms with van der Waals surface area (Å²) in [6.07, 6.45) is 5.69. The molecule has 2 aromatic heterocycles. The molecule has 0 bridgehead atoms. The Morgan fingerprint density at radius 2 is 1.80 bits per heavy atom. The minimum Gasteiger partial charge on any atom is -0.324 e. The van der Waals surface area contributed by atoms with Crippen LogP contribution in [0.2, 0.25) is 0 Å². The third-order valence-electron chi connectivity index (χ3n) is 3.83. The van der Waals surface area contributed by atoms with E-state index >= 15 is 0 Å². The summed E-state index contributed by atoms with van der Waals surface area (Å²) >= 11 is 1.59. The lowest BCUT2D eigenvalue weighted by Crippen LogP contribution is -2.12. The fourth-order valence-electron chi connectivity index (χ4n) is 2.58. The molecule has 0 aliphatic carbocycles. The average Bonchev–Trinajstić information content (AvgIpc) is 3.36. The Morgan fingerprint density at radius 3 is 2.52 bits per heavy atom. The molecule has 5 heteroatoms. The van der Waals surface area contributed by atoms with E-state index in [1.165, 1.54) is 0 Å². The van der Waals surface area contributed by atoms with E-state index in [0.717, 1.165) is 21.9 Å². The molecule has 25 heavy (non-hydrogen) atoms. The van der Waals surface area contributed by atoms with Gasteiger partial charge in [-0.2, -0.15) is 0 Å². The largest absolute Gasteiger partial charge is 0.324 e. The van der Waals surface area contributed by atoms with Crippen molar-refractivity contribution in [2.75, 3.05) is 5.32 Å². The molecule has 0 spiro atoms. The molecular formula is C20H15N3OS. The number of nitrogens with one attached hydrogen (secondary N) is 1. The van der Waals surface area contributed by atoms with Crippen molar-refractivity contribution in [2.45, 2.75) is 0 Å². The van der Waals surface area contributed by atoms with Crippen LogP contribution in [0.1, 0.15) is 10.4 Å². The summed E-state index contributed by atoms with van der Waals surface area (Å²) in [5, 5.41) is 5.85. The molecule has 0 fully saturated rings. The average molecular weight is 345 g/mol. The minimum atomic E-state index is -0.129. The molecule has 2 heterocycles. The van der Waals surface area contributed by atoms with Gasteiger partial charge in [-0.1, -0.05) is 6.07 Å². The molecule has 2 aromatic carbocycles. The number of hydrogen-bond acceptors (Lipinski definition) is 3. The van der Waals surface area contributed by atoms with Gasteiger partial charge in [0.1, 0.15) is 5.01 Å². The molecule has 0 radical (unpaired) electrons. The Balaban J connectivity index is 1.51. The summed E-state index contributed by atoms with van der Waals surface area (Å²) in [4.78, 5) is 16.8. The first-order valence-electron chi connectivity index (χ1n) is 7.84. The van der Waals surface area contributed by atoms with Crippen LogP contribution in [0.5, 0.6) is 0 Å². The van der Waals surface area contributed by atoms with Crippen LogP contribution in [0.3, 0.4) is 0 Å². The van der Waals surface area contributed by atoms with Crippen molar-refractivity contribution in [2.24, 2.45) is 0 Å². The predicted octanol–water partition coefficient (Wildman–Crippen LogP) is 4.85. The highest BCUT2D eigenvalue weighted by Gasteiger charge is 2.08. The number of carbonyl (C=O) groups excluding carboxylic acids is 1. The van der Waals surface area contributed by atoms with Gasteiger partial charge < -0.3 is 9.88 Å². The number of rotatable bonds is 4. The van der Waals surface area contributed by atoms with Crippen molar-refractivity contribution in [1.82, 2.24) is 9.55 Å². The van der Waals surface area contributed by atoms with E-state index in [1.54, 1.807) is 17.5 Å². The lowest BCUT2D eigenvalue weighted by Gasteiger charge is -2.08. The summed E-state index contributed by atoms with van der Waals surface area (Å²) in [7, 11) is 0. The van der Waals surface area contributed by atoms with Gasteiger partial charge in [0.05, 0.1) is 0 Å². The standard InChI is InChI=1S/C20H15N3OS/c24-19(16-4-3-5-18(14-16)23-11-1-2-12-23)22-17-8-6-15(7-9-17)20-21-10-13-25-20/h1-14H,(H,22,24). The van der Waals surface area contributed by atoms with Gasteiger partial charge in [-0.25, -0.2) is 4.98 Å². The Labute approximate surface area is 149 Å². The maximum absolute atomic E-state index is 12.5. The van der Waals surface area contributed by atoms with E-state index in [2.05, 4.69) is 10.3 Å². The highest BCUT2D eigenvalue weighted by molar-refractivity contribution is 7.13. The van der Waals surface area contributed by atoms with Gasteiger partial charge in [-0.3, -0.25) is 4.79 Å². The van der Waals surface area contributed by atoms with E-state index < -0.39 is 0 Å². The molecule has 0 atom stereocenters. The third kappa shape index (κ3) is 3.36. The summed E-state index contributed by atoms with van der Waals surface area (Å²) in [6, 6.07) is 19.2. The normalized spacial score (nSPS) is 10.6. The second-order valence-corrected chi connectivity index (χ2v) is 6.40. The second-order valence-electron chi connectivity index (χ2n) is 5.51. The molecule has 1 amide bonds. The van der Waals surface area contributed by atoms with Crippen molar-refractivity contribution in [3.05, 3.63) is 90.2 Å². The molecule has 0 saturated heterocycles. The van der Waals surface area contributed by atoms with Gasteiger partial charge in [0.15, 0.2) is 0 Å². The summed E-state index contributed by atoms with van der Waals surface area (Å²) < 4.78 is 1.97. The van der Waals surface area contributed by atoms with Crippen LogP contribution in [0.4, 0.5) is 5.69 Å². The molecule has 122 valence electrons. The molecular weight excluding hydrogens is 330 g/mol. The molecule has 0 saturated carbocycles. The first-order chi connectivity index (χ1) is 12.3.